The normalized spacial score (nSPS) is 22.1. The number of allylic oxidation sites excluding steroid dienone is 2. The maximum absolute atomic E-state index is 5.26. The monoisotopic (exact) mass is 140 g/mol. The van der Waals surface area contributed by atoms with Gasteiger partial charge in [0.1, 0.15) is 0 Å². The molecule has 0 aromatic rings. The molecule has 58 valence electrons. The molecule has 0 saturated carbocycles. The van der Waals surface area contributed by atoms with Crippen molar-refractivity contribution in [1.29, 1.82) is 0 Å². The molecule has 1 nitrogen and oxygen atoms in total. The highest BCUT2D eigenvalue weighted by atomic mass is 16.5. The molecule has 0 radical (unpaired) electrons. The van der Waals surface area contributed by atoms with Crippen molar-refractivity contribution in [2.75, 3.05) is 13.2 Å². The summed E-state index contributed by atoms with van der Waals surface area (Å²) >= 11 is 0. The van der Waals surface area contributed by atoms with Crippen LogP contribution in [0.25, 0.3) is 0 Å². The summed E-state index contributed by atoms with van der Waals surface area (Å²) in [5.41, 5.74) is 0. The van der Waals surface area contributed by atoms with E-state index in [0.717, 1.165) is 19.1 Å². The predicted molar refractivity (Wildman–Crippen MR) is 43.0 cm³/mol. The van der Waals surface area contributed by atoms with E-state index in [1.54, 1.807) is 0 Å². The van der Waals surface area contributed by atoms with Gasteiger partial charge in [0.15, 0.2) is 0 Å². The quantitative estimate of drug-likeness (QED) is 0.535. The van der Waals surface area contributed by atoms with E-state index in [1.807, 2.05) is 0 Å². The Morgan fingerprint density at radius 3 is 2.70 bits per heavy atom. The Bertz CT molecular complexity index is 101. The van der Waals surface area contributed by atoms with Crippen LogP contribution in [-0.2, 0) is 4.74 Å². The number of hydrogen-bond acceptors (Lipinski definition) is 1. The minimum Gasteiger partial charge on any atom is -0.381 e. The molecule has 10 heavy (non-hydrogen) atoms. The highest BCUT2D eigenvalue weighted by molar-refractivity contribution is 4.81. The fourth-order valence-electron chi connectivity index (χ4n) is 1.31. The van der Waals surface area contributed by atoms with Crippen molar-refractivity contribution in [3.63, 3.8) is 0 Å². The van der Waals surface area contributed by atoms with Crippen LogP contribution in [0.5, 0.6) is 0 Å². The van der Waals surface area contributed by atoms with Crippen LogP contribution in [-0.4, -0.2) is 13.2 Å². The summed E-state index contributed by atoms with van der Waals surface area (Å²) in [5.74, 6) is 0.893. The van der Waals surface area contributed by atoms with Crippen LogP contribution < -0.4 is 0 Å². The second-order valence-electron chi connectivity index (χ2n) is 2.86. The Hall–Kier alpha value is -0.300. The van der Waals surface area contributed by atoms with Gasteiger partial charge in [0.05, 0.1) is 0 Å². The van der Waals surface area contributed by atoms with Crippen molar-refractivity contribution >= 4 is 0 Å². The third kappa shape index (κ3) is 2.53. The summed E-state index contributed by atoms with van der Waals surface area (Å²) in [6.07, 6.45) is 8.15. The predicted octanol–water partition coefficient (Wildman–Crippen LogP) is 2.38. The van der Waals surface area contributed by atoms with Crippen LogP contribution in [0.3, 0.4) is 0 Å². The number of rotatable bonds is 2. The first-order chi connectivity index (χ1) is 4.93. The largest absolute Gasteiger partial charge is 0.381 e. The summed E-state index contributed by atoms with van der Waals surface area (Å²) in [6.45, 7) is 4.03. The smallest absolute Gasteiger partial charge is 0.0468 e. The van der Waals surface area contributed by atoms with Gasteiger partial charge in [-0.2, -0.15) is 0 Å². The van der Waals surface area contributed by atoms with E-state index in [2.05, 4.69) is 19.1 Å². The van der Waals surface area contributed by atoms with Crippen molar-refractivity contribution < 1.29 is 4.74 Å². The Balaban J connectivity index is 2.13. The van der Waals surface area contributed by atoms with E-state index in [1.165, 1.54) is 19.3 Å². The standard InChI is InChI=1S/C9H16O/c1-2-3-4-9-5-7-10-8-6-9/h2-3,9H,4-8H2,1H3/b3-2+. The summed E-state index contributed by atoms with van der Waals surface area (Å²) < 4.78 is 5.26. The van der Waals surface area contributed by atoms with E-state index >= 15 is 0 Å². The molecule has 0 spiro atoms. The first-order valence-corrected chi connectivity index (χ1v) is 4.12. The van der Waals surface area contributed by atoms with Gasteiger partial charge >= 0.3 is 0 Å². The third-order valence-corrected chi connectivity index (χ3v) is 2.05. The van der Waals surface area contributed by atoms with Crippen molar-refractivity contribution in [2.45, 2.75) is 26.2 Å². The maximum atomic E-state index is 5.26. The molecule has 0 aliphatic carbocycles. The molecule has 1 heterocycles. The lowest BCUT2D eigenvalue weighted by atomic mass is 9.96. The highest BCUT2D eigenvalue weighted by Gasteiger charge is 2.10. The van der Waals surface area contributed by atoms with Gasteiger partial charge in [-0.05, 0) is 32.1 Å². The Morgan fingerprint density at radius 2 is 2.10 bits per heavy atom. The van der Waals surface area contributed by atoms with Crippen molar-refractivity contribution in [2.24, 2.45) is 5.92 Å². The lowest BCUT2D eigenvalue weighted by Crippen LogP contribution is -2.14. The average Bonchev–Trinajstić information content (AvgIpc) is 2.03. The Labute approximate surface area is 63.1 Å². The summed E-state index contributed by atoms with van der Waals surface area (Å²) in [4.78, 5) is 0. The summed E-state index contributed by atoms with van der Waals surface area (Å²) in [7, 11) is 0. The zero-order valence-corrected chi connectivity index (χ0v) is 6.68. The molecular weight excluding hydrogens is 124 g/mol. The molecular formula is C9H16O. The van der Waals surface area contributed by atoms with Crippen molar-refractivity contribution in [3.8, 4) is 0 Å². The summed E-state index contributed by atoms with van der Waals surface area (Å²) in [5, 5.41) is 0. The molecule has 1 aliphatic rings. The van der Waals surface area contributed by atoms with Gasteiger partial charge in [0.25, 0.3) is 0 Å². The first-order valence-electron chi connectivity index (χ1n) is 4.12. The zero-order chi connectivity index (χ0) is 7.23. The number of hydrogen-bond donors (Lipinski definition) is 0. The Morgan fingerprint density at radius 1 is 1.40 bits per heavy atom. The van der Waals surface area contributed by atoms with Crippen LogP contribution in [0, 0.1) is 5.92 Å². The SMILES string of the molecule is C/C=C/CC1CCOCC1. The minimum absolute atomic E-state index is 0.893. The molecule has 1 heteroatoms. The molecule has 1 saturated heterocycles. The van der Waals surface area contributed by atoms with Crippen LogP contribution >= 0.6 is 0 Å². The molecule has 1 rings (SSSR count). The minimum atomic E-state index is 0.893. The summed E-state index contributed by atoms with van der Waals surface area (Å²) in [6, 6.07) is 0. The zero-order valence-electron chi connectivity index (χ0n) is 6.68. The first kappa shape index (κ1) is 7.80. The fourth-order valence-corrected chi connectivity index (χ4v) is 1.31. The lowest BCUT2D eigenvalue weighted by molar-refractivity contribution is 0.0672. The molecule has 0 aromatic carbocycles. The molecule has 0 amide bonds. The van der Waals surface area contributed by atoms with E-state index in [-0.39, 0.29) is 0 Å². The van der Waals surface area contributed by atoms with E-state index in [0.29, 0.717) is 0 Å². The van der Waals surface area contributed by atoms with Gasteiger partial charge in [-0.1, -0.05) is 12.2 Å². The van der Waals surface area contributed by atoms with Crippen LogP contribution in [0.4, 0.5) is 0 Å². The highest BCUT2D eigenvalue weighted by Crippen LogP contribution is 2.18. The third-order valence-electron chi connectivity index (χ3n) is 2.05. The topological polar surface area (TPSA) is 9.23 Å². The maximum Gasteiger partial charge on any atom is 0.0468 e. The number of ether oxygens (including phenoxy) is 1. The van der Waals surface area contributed by atoms with E-state index in [4.69, 9.17) is 4.74 Å². The lowest BCUT2D eigenvalue weighted by Gasteiger charge is -2.20. The second-order valence-corrected chi connectivity index (χ2v) is 2.86. The molecule has 0 bridgehead atoms. The van der Waals surface area contributed by atoms with Crippen LogP contribution in [0.1, 0.15) is 26.2 Å². The second kappa shape index (κ2) is 4.51. The van der Waals surface area contributed by atoms with Gasteiger partial charge in [0.2, 0.25) is 0 Å². The molecule has 0 unspecified atom stereocenters. The van der Waals surface area contributed by atoms with Crippen LogP contribution in [0.15, 0.2) is 12.2 Å². The van der Waals surface area contributed by atoms with E-state index in [9.17, 15) is 0 Å². The van der Waals surface area contributed by atoms with E-state index < -0.39 is 0 Å². The molecule has 1 fully saturated rings. The average molecular weight is 140 g/mol. The molecule has 0 atom stereocenters. The molecule has 0 N–H and O–H groups in total. The van der Waals surface area contributed by atoms with Gasteiger partial charge in [0, 0.05) is 13.2 Å². The van der Waals surface area contributed by atoms with Gasteiger partial charge in [-0.15, -0.1) is 0 Å². The molecule has 1 aliphatic heterocycles. The van der Waals surface area contributed by atoms with Crippen molar-refractivity contribution in [1.82, 2.24) is 0 Å². The van der Waals surface area contributed by atoms with Crippen molar-refractivity contribution in [3.05, 3.63) is 12.2 Å². The van der Waals surface area contributed by atoms with Gasteiger partial charge in [-0.25, -0.2) is 0 Å². The molecule has 0 aromatic heterocycles. The van der Waals surface area contributed by atoms with Gasteiger partial charge < -0.3 is 4.74 Å². The Kier molecular flexibility index (Phi) is 3.52. The fraction of sp³-hybridized carbons (Fsp3) is 0.778. The van der Waals surface area contributed by atoms with Gasteiger partial charge in [-0.3, -0.25) is 0 Å². The van der Waals surface area contributed by atoms with Crippen LogP contribution in [0.2, 0.25) is 0 Å².